The molecule has 3 atom stereocenters. The van der Waals surface area contributed by atoms with E-state index >= 15 is 0 Å². The van der Waals surface area contributed by atoms with Crippen molar-refractivity contribution in [3.05, 3.63) is 65.2 Å². The van der Waals surface area contributed by atoms with Crippen LogP contribution in [0.3, 0.4) is 0 Å². The fraction of sp³-hybridized carbons (Fsp3) is 0.381. The van der Waals surface area contributed by atoms with Gasteiger partial charge in [0.25, 0.3) is 0 Å². The Kier molecular flexibility index (Phi) is 4.92. The third-order valence-corrected chi connectivity index (χ3v) is 7.42. The third kappa shape index (κ3) is 3.04. The average molecular weight is 369 g/mol. The molecule has 0 aliphatic heterocycles. The van der Waals surface area contributed by atoms with Crippen molar-refractivity contribution in [2.75, 3.05) is 13.2 Å². The van der Waals surface area contributed by atoms with E-state index in [1.54, 1.807) is 24.3 Å². The van der Waals surface area contributed by atoms with Gasteiger partial charge >= 0.3 is 0 Å². The van der Waals surface area contributed by atoms with Gasteiger partial charge in [0.1, 0.15) is 5.41 Å². The third-order valence-electron chi connectivity index (χ3n) is 5.13. The Morgan fingerprint density at radius 2 is 1.58 bits per heavy atom. The maximum absolute atomic E-state index is 13.3. The number of nitriles is 1. The monoisotopic (exact) mass is 369 g/mol. The Hall–Kier alpha value is -2.16. The van der Waals surface area contributed by atoms with Crippen LogP contribution in [0.4, 0.5) is 0 Å². The number of hydrogen-bond acceptors (Lipinski definition) is 4. The second-order valence-corrected chi connectivity index (χ2v) is 9.03. The Labute approximate surface area is 155 Å². The molecule has 0 heterocycles. The van der Waals surface area contributed by atoms with E-state index in [1.165, 1.54) is 0 Å². The molecule has 2 aromatic rings. The van der Waals surface area contributed by atoms with E-state index in [1.807, 2.05) is 45.0 Å². The van der Waals surface area contributed by atoms with Crippen molar-refractivity contribution in [3.63, 3.8) is 0 Å². The van der Waals surface area contributed by atoms with Crippen molar-refractivity contribution in [2.24, 2.45) is 5.41 Å². The first-order valence-corrected chi connectivity index (χ1v) is 10.3. The standard InChI is InChI=1S/C21H23NO3S/c1-4-25-14-21(13-22)19(17-9-5-15(2)6-10-17)20(21)26(23,24)18-11-7-16(3)8-12-18/h5-12,19-20H,4,14H2,1-3H3/t19-,20-,21-/m1/s1. The molecule has 5 heteroatoms. The van der Waals surface area contributed by atoms with Gasteiger partial charge < -0.3 is 4.74 Å². The minimum atomic E-state index is -3.64. The predicted molar refractivity (Wildman–Crippen MR) is 101 cm³/mol. The molecule has 0 radical (unpaired) electrons. The zero-order chi connectivity index (χ0) is 18.9. The Morgan fingerprint density at radius 3 is 2.08 bits per heavy atom. The van der Waals surface area contributed by atoms with E-state index < -0.39 is 20.5 Å². The first-order valence-electron chi connectivity index (χ1n) is 8.73. The highest BCUT2D eigenvalue weighted by Gasteiger charge is 2.72. The molecule has 136 valence electrons. The van der Waals surface area contributed by atoms with Gasteiger partial charge in [0.05, 0.1) is 22.8 Å². The predicted octanol–water partition coefficient (Wildman–Crippen LogP) is 3.79. The molecule has 1 aliphatic rings. The molecule has 4 nitrogen and oxygen atoms in total. The summed E-state index contributed by atoms with van der Waals surface area (Å²) < 4.78 is 32.1. The summed E-state index contributed by atoms with van der Waals surface area (Å²) >= 11 is 0. The van der Waals surface area contributed by atoms with Crippen LogP contribution >= 0.6 is 0 Å². The molecule has 1 saturated carbocycles. The van der Waals surface area contributed by atoms with E-state index in [0.29, 0.717) is 6.61 Å². The molecule has 26 heavy (non-hydrogen) atoms. The second-order valence-electron chi connectivity index (χ2n) is 6.96. The van der Waals surface area contributed by atoms with Crippen LogP contribution in [0, 0.1) is 30.6 Å². The lowest BCUT2D eigenvalue weighted by Crippen LogP contribution is -2.19. The number of benzene rings is 2. The molecule has 2 aromatic carbocycles. The highest BCUT2D eigenvalue weighted by atomic mass is 32.2. The first-order chi connectivity index (χ1) is 12.4. The number of nitrogens with zero attached hydrogens (tertiary/aromatic N) is 1. The first kappa shape index (κ1) is 18.6. The van der Waals surface area contributed by atoms with Crippen LogP contribution in [-0.2, 0) is 14.6 Å². The van der Waals surface area contributed by atoms with Crippen LogP contribution in [0.1, 0.15) is 29.5 Å². The maximum atomic E-state index is 13.3. The molecule has 0 N–H and O–H groups in total. The van der Waals surface area contributed by atoms with Crippen LogP contribution in [0.15, 0.2) is 53.4 Å². The zero-order valence-corrected chi connectivity index (χ0v) is 16.1. The van der Waals surface area contributed by atoms with Gasteiger partial charge in [0, 0.05) is 12.5 Å². The molecule has 1 fully saturated rings. The van der Waals surface area contributed by atoms with Crippen molar-refractivity contribution in [1.82, 2.24) is 0 Å². The molecule has 0 saturated heterocycles. The summed E-state index contributed by atoms with van der Waals surface area (Å²) in [5.74, 6) is -0.383. The molecular weight excluding hydrogens is 346 g/mol. The van der Waals surface area contributed by atoms with Crippen molar-refractivity contribution in [2.45, 2.75) is 36.8 Å². The molecule has 3 rings (SSSR count). The number of sulfone groups is 1. The SMILES string of the molecule is CCOC[C@]1(C#N)[C@H](c2ccc(C)cc2)[C@H]1S(=O)(=O)c1ccc(C)cc1. The van der Waals surface area contributed by atoms with E-state index in [9.17, 15) is 13.7 Å². The van der Waals surface area contributed by atoms with Gasteiger partial charge in [0.2, 0.25) is 0 Å². The van der Waals surface area contributed by atoms with E-state index in [-0.39, 0.29) is 17.4 Å². The van der Waals surface area contributed by atoms with Gasteiger partial charge in [-0.2, -0.15) is 5.26 Å². The molecule has 0 bridgehead atoms. The number of hydrogen-bond donors (Lipinski definition) is 0. The van der Waals surface area contributed by atoms with Gasteiger partial charge in [0.15, 0.2) is 9.84 Å². The van der Waals surface area contributed by atoms with Crippen LogP contribution in [-0.4, -0.2) is 26.9 Å². The Balaban J connectivity index is 2.05. The number of rotatable bonds is 6. The summed E-state index contributed by atoms with van der Waals surface area (Å²) in [5, 5.41) is 9.11. The number of ether oxygens (including phenoxy) is 1. The lowest BCUT2D eigenvalue weighted by molar-refractivity contribution is 0.117. The summed E-state index contributed by atoms with van der Waals surface area (Å²) in [6, 6.07) is 16.8. The minimum Gasteiger partial charge on any atom is -0.380 e. The quantitative estimate of drug-likeness (QED) is 0.777. The normalized spacial score (nSPS) is 24.8. The number of aryl methyl sites for hydroxylation is 2. The average Bonchev–Trinajstić information content (AvgIpc) is 3.31. The summed E-state index contributed by atoms with van der Waals surface area (Å²) in [4.78, 5) is 0.263. The van der Waals surface area contributed by atoms with Gasteiger partial charge in [-0.1, -0.05) is 47.5 Å². The second kappa shape index (κ2) is 6.86. The topological polar surface area (TPSA) is 67.2 Å². The fourth-order valence-electron chi connectivity index (χ4n) is 3.59. The van der Waals surface area contributed by atoms with E-state index in [0.717, 1.165) is 16.7 Å². The highest BCUT2D eigenvalue weighted by molar-refractivity contribution is 7.92. The van der Waals surface area contributed by atoms with Gasteiger partial charge in [-0.25, -0.2) is 8.42 Å². The van der Waals surface area contributed by atoms with Crippen LogP contribution in [0.25, 0.3) is 0 Å². The summed E-state index contributed by atoms with van der Waals surface area (Å²) in [6.45, 7) is 6.31. The van der Waals surface area contributed by atoms with E-state index in [4.69, 9.17) is 4.74 Å². The van der Waals surface area contributed by atoms with Crippen molar-refractivity contribution in [1.29, 1.82) is 5.26 Å². The molecule has 0 amide bonds. The fourth-order valence-corrected chi connectivity index (χ4v) is 5.90. The molecule has 1 aliphatic carbocycles. The molecule has 0 unspecified atom stereocenters. The van der Waals surface area contributed by atoms with Crippen molar-refractivity contribution >= 4 is 9.84 Å². The lowest BCUT2D eigenvalue weighted by Gasteiger charge is -2.10. The molecule has 0 aromatic heterocycles. The molecular formula is C21H23NO3S. The summed E-state index contributed by atoms with van der Waals surface area (Å²) in [6.07, 6.45) is 0. The Morgan fingerprint density at radius 1 is 1.04 bits per heavy atom. The highest BCUT2D eigenvalue weighted by Crippen LogP contribution is 2.63. The summed E-state index contributed by atoms with van der Waals surface area (Å²) in [5.41, 5.74) is 1.92. The smallest absolute Gasteiger partial charge is 0.183 e. The maximum Gasteiger partial charge on any atom is 0.183 e. The lowest BCUT2D eigenvalue weighted by atomic mass is 10.0. The van der Waals surface area contributed by atoms with Gasteiger partial charge in [-0.15, -0.1) is 0 Å². The van der Waals surface area contributed by atoms with Crippen LogP contribution in [0.2, 0.25) is 0 Å². The molecule has 0 spiro atoms. The van der Waals surface area contributed by atoms with E-state index in [2.05, 4.69) is 6.07 Å². The minimum absolute atomic E-state index is 0.119. The van der Waals surface area contributed by atoms with Gasteiger partial charge in [-0.05, 0) is 38.5 Å². The summed E-state index contributed by atoms with van der Waals surface area (Å²) in [7, 11) is -3.64. The zero-order valence-electron chi connectivity index (χ0n) is 15.3. The van der Waals surface area contributed by atoms with Gasteiger partial charge in [-0.3, -0.25) is 0 Å². The van der Waals surface area contributed by atoms with Crippen LogP contribution in [0.5, 0.6) is 0 Å². The Bertz CT molecular complexity index is 927. The van der Waals surface area contributed by atoms with Crippen molar-refractivity contribution < 1.29 is 13.2 Å². The largest absolute Gasteiger partial charge is 0.380 e. The van der Waals surface area contributed by atoms with Crippen LogP contribution < -0.4 is 0 Å². The van der Waals surface area contributed by atoms with Crippen molar-refractivity contribution in [3.8, 4) is 6.07 Å².